The summed E-state index contributed by atoms with van der Waals surface area (Å²) < 4.78 is 26.5. The van der Waals surface area contributed by atoms with E-state index in [-0.39, 0.29) is 6.79 Å². The Morgan fingerprint density at radius 1 is 1.04 bits per heavy atom. The van der Waals surface area contributed by atoms with E-state index < -0.39 is 9.71 Å². The smallest absolute Gasteiger partial charge is 0.231 e. The van der Waals surface area contributed by atoms with Gasteiger partial charge in [0.15, 0.2) is 11.5 Å². The zero-order valence-electron chi connectivity index (χ0n) is 16.3. The number of ether oxygens (including phenoxy) is 2. The minimum absolute atomic E-state index is 0.251. The van der Waals surface area contributed by atoms with Crippen molar-refractivity contribution in [2.24, 2.45) is 0 Å². The normalized spacial score (nSPS) is 15.3. The Bertz CT molecular complexity index is 877. The molecular formula is C21H28N2O3S. The Labute approximate surface area is 162 Å². The number of fused-ring (bicyclic) bond motifs is 1. The fourth-order valence-electron chi connectivity index (χ4n) is 3.04. The van der Waals surface area contributed by atoms with E-state index in [0.29, 0.717) is 13.1 Å². The monoisotopic (exact) mass is 388 g/mol. The molecule has 1 unspecified atom stereocenters. The van der Waals surface area contributed by atoms with Crippen molar-refractivity contribution in [1.82, 2.24) is 9.21 Å². The van der Waals surface area contributed by atoms with E-state index in [1.165, 1.54) is 0 Å². The van der Waals surface area contributed by atoms with Gasteiger partial charge in [-0.3, -0.25) is 0 Å². The van der Waals surface area contributed by atoms with Crippen molar-refractivity contribution >= 4 is 15.6 Å². The number of hydrogen-bond donors (Lipinski definition) is 0. The third-order valence-corrected chi connectivity index (χ3v) is 6.77. The van der Waals surface area contributed by atoms with Crippen molar-refractivity contribution in [3.8, 4) is 11.5 Å². The highest BCUT2D eigenvalue weighted by molar-refractivity contribution is 7.98. The summed E-state index contributed by atoms with van der Waals surface area (Å²) in [5.41, 5.74) is 2.18. The zero-order chi connectivity index (χ0) is 19.4. The average molecular weight is 389 g/mol. The molecule has 1 atom stereocenters. The maximum absolute atomic E-state index is 13.7. The first-order valence-electron chi connectivity index (χ1n) is 9.08. The average Bonchev–Trinajstić information content (AvgIpc) is 3.08. The van der Waals surface area contributed by atoms with Crippen LogP contribution >= 0.6 is 0 Å². The number of nitrogens with zero attached hydrogens (tertiary/aromatic N) is 2. The first-order valence-corrected chi connectivity index (χ1v) is 10.8. The third kappa shape index (κ3) is 4.83. The van der Waals surface area contributed by atoms with Gasteiger partial charge in [0.2, 0.25) is 6.79 Å². The predicted molar refractivity (Wildman–Crippen MR) is 111 cm³/mol. The van der Waals surface area contributed by atoms with Crippen molar-refractivity contribution < 1.29 is 13.7 Å². The summed E-state index contributed by atoms with van der Waals surface area (Å²) in [6.07, 6.45) is 0.913. The molecule has 0 saturated carbocycles. The Hall–Kier alpha value is -2.02. The lowest BCUT2D eigenvalue weighted by molar-refractivity contribution is 0.174. The van der Waals surface area contributed by atoms with Crippen LogP contribution in [0.2, 0.25) is 0 Å². The number of hydrogen-bond acceptors (Lipinski definition) is 4. The quantitative estimate of drug-likeness (QED) is 0.652. The Morgan fingerprint density at radius 3 is 2.44 bits per heavy atom. The molecule has 2 aromatic carbocycles. The lowest BCUT2D eigenvalue weighted by Crippen LogP contribution is -2.33. The highest BCUT2D eigenvalue weighted by Gasteiger charge is 2.20. The van der Waals surface area contributed by atoms with E-state index in [9.17, 15) is 4.21 Å². The molecule has 146 valence electrons. The molecule has 0 fully saturated rings. The molecule has 1 heterocycles. The molecule has 0 spiro atoms. The second kappa shape index (κ2) is 8.33. The van der Waals surface area contributed by atoms with Crippen LogP contribution in [0.1, 0.15) is 17.5 Å². The van der Waals surface area contributed by atoms with Crippen LogP contribution < -0.4 is 9.47 Å². The molecule has 3 rings (SSSR count). The highest BCUT2D eigenvalue weighted by Crippen LogP contribution is 2.33. The van der Waals surface area contributed by atoms with E-state index in [1.54, 1.807) is 0 Å². The largest absolute Gasteiger partial charge is 0.454 e. The second-order valence-electron chi connectivity index (χ2n) is 7.16. The van der Waals surface area contributed by atoms with Gasteiger partial charge in [0.25, 0.3) is 0 Å². The third-order valence-electron chi connectivity index (χ3n) is 4.62. The van der Waals surface area contributed by atoms with E-state index in [0.717, 1.165) is 40.5 Å². The van der Waals surface area contributed by atoms with Crippen molar-refractivity contribution in [2.75, 3.05) is 34.0 Å². The number of aryl methyl sites for hydroxylation is 1. The SMILES string of the molecule is C=S(=O)(c1ccc(C)cc1)N(CCCN(C)C)Cc1ccc2c(c1)OCO2. The summed E-state index contributed by atoms with van der Waals surface area (Å²) in [5, 5.41) is 0. The maximum atomic E-state index is 13.7. The summed E-state index contributed by atoms with van der Waals surface area (Å²) in [5.74, 6) is 5.62. The molecule has 6 heteroatoms. The fraction of sp³-hybridized carbons (Fsp3) is 0.381. The molecule has 0 amide bonds. The molecule has 0 aliphatic carbocycles. The lowest BCUT2D eigenvalue weighted by Gasteiger charge is -2.27. The van der Waals surface area contributed by atoms with E-state index in [2.05, 4.69) is 10.8 Å². The summed E-state index contributed by atoms with van der Waals surface area (Å²) in [6.45, 7) is 4.45. The van der Waals surface area contributed by atoms with Crippen molar-refractivity contribution in [2.45, 2.75) is 24.8 Å². The van der Waals surface area contributed by atoms with Crippen LogP contribution in [-0.2, 0) is 16.3 Å². The van der Waals surface area contributed by atoms with E-state index in [4.69, 9.17) is 9.47 Å². The molecule has 2 aromatic rings. The Kier molecular flexibility index (Phi) is 6.09. The zero-order valence-corrected chi connectivity index (χ0v) is 17.1. The summed E-state index contributed by atoms with van der Waals surface area (Å²) in [4.78, 5) is 2.90. The van der Waals surface area contributed by atoms with Gasteiger partial charge in [0.1, 0.15) is 0 Å². The van der Waals surface area contributed by atoms with E-state index in [1.807, 2.05) is 67.8 Å². The van der Waals surface area contributed by atoms with Crippen molar-refractivity contribution in [3.63, 3.8) is 0 Å². The Morgan fingerprint density at radius 2 is 1.74 bits per heavy atom. The standard InChI is InChI=1S/C21H28N2O3S/c1-17-6-9-19(10-7-17)27(4,24)23(13-5-12-22(2)3)15-18-8-11-20-21(14-18)26-16-25-20/h6-11,14H,4-5,12-13,15-16H2,1-3H3. The van der Waals surface area contributed by atoms with Gasteiger partial charge in [0.05, 0.1) is 9.71 Å². The first-order chi connectivity index (χ1) is 12.9. The van der Waals surface area contributed by atoms with Crippen molar-refractivity contribution in [1.29, 1.82) is 0 Å². The Balaban J connectivity index is 1.84. The number of benzene rings is 2. The van der Waals surface area contributed by atoms with Gasteiger partial charge in [-0.2, -0.15) is 0 Å². The summed E-state index contributed by atoms with van der Waals surface area (Å²) in [6, 6.07) is 13.7. The molecule has 1 aliphatic heterocycles. The molecule has 27 heavy (non-hydrogen) atoms. The molecule has 0 saturated heterocycles. The van der Waals surface area contributed by atoms with Crippen LogP contribution in [0.5, 0.6) is 11.5 Å². The summed E-state index contributed by atoms with van der Waals surface area (Å²) in [7, 11) is 1.51. The van der Waals surface area contributed by atoms with Gasteiger partial charge >= 0.3 is 0 Å². The van der Waals surface area contributed by atoms with Crippen LogP contribution in [0.4, 0.5) is 0 Å². The molecule has 0 aromatic heterocycles. The van der Waals surface area contributed by atoms with Crippen LogP contribution in [-0.4, -0.2) is 53.3 Å². The molecule has 0 N–H and O–H groups in total. The number of rotatable bonds is 8. The fourth-order valence-corrected chi connectivity index (χ4v) is 4.68. The minimum atomic E-state index is -2.59. The molecule has 0 bridgehead atoms. The predicted octanol–water partition coefficient (Wildman–Crippen LogP) is 3.17. The molecule has 5 nitrogen and oxygen atoms in total. The van der Waals surface area contributed by atoms with Gasteiger partial charge in [-0.25, -0.2) is 8.51 Å². The van der Waals surface area contributed by atoms with Crippen LogP contribution in [0.3, 0.4) is 0 Å². The maximum Gasteiger partial charge on any atom is 0.231 e. The van der Waals surface area contributed by atoms with E-state index >= 15 is 0 Å². The van der Waals surface area contributed by atoms with Gasteiger partial charge in [0, 0.05) is 18.0 Å². The first kappa shape index (κ1) is 19.7. The minimum Gasteiger partial charge on any atom is -0.454 e. The van der Waals surface area contributed by atoms with Gasteiger partial charge in [-0.05, 0) is 69.7 Å². The van der Waals surface area contributed by atoms with Crippen LogP contribution in [0.25, 0.3) is 0 Å². The lowest BCUT2D eigenvalue weighted by atomic mass is 10.2. The summed E-state index contributed by atoms with van der Waals surface area (Å²) >= 11 is 0. The van der Waals surface area contributed by atoms with Crippen molar-refractivity contribution in [3.05, 3.63) is 53.6 Å². The topological polar surface area (TPSA) is 42.0 Å². The molecule has 1 aliphatic rings. The van der Waals surface area contributed by atoms with Gasteiger partial charge in [-0.15, -0.1) is 0 Å². The highest BCUT2D eigenvalue weighted by atomic mass is 32.2. The van der Waals surface area contributed by atoms with Gasteiger partial charge < -0.3 is 14.4 Å². The molecule has 0 radical (unpaired) electrons. The molecular weight excluding hydrogens is 360 g/mol. The second-order valence-corrected chi connectivity index (χ2v) is 9.43. The van der Waals surface area contributed by atoms with Gasteiger partial charge in [-0.1, -0.05) is 23.8 Å². The van der Waals surface area contributed by atoms with Crippen LogP contribution in [0, 0.1) is 6.92 Å². The van der Waals surface area contributed by atoms with Crippen LogP contribution in [0.15, 0.2) is 47.4 Å².